The van der Waals surface area contributed by atoms with Gasteiger partial charge in [-0.3, -0.25) is 0 Å². The number of isothiocyanates is 2. The van der Waals surface area contributed by atoms with E-state index in [-0.39, 0.29) is 29.1 Å². The van der Waals surface area contributed by atoms with E-state index in [1.54, 1.807) is 0 Å². The average Bonchev–Trinajstić information content (AvgIpc) is 2.67. The third kappa shape index (κ3) is 42.8. The minimum Gasteiger partial charge on any atom is -1.00 e. The highest BCUT2D eigenvalue weighted by atomic mass is 79.9. The first-order valence-corrected chi connectivity index (χ1v) is 10.8. The summed E-state index contributed by atoms with van der Waals surface area (Å²) in [5, 5.41) is 5.15. The smallest absolute Gasteiger partial charge is 0.373 e. The van der Waals surface area contributed by atoms with Crippen LogP contribution in [0.25, 0.3) is 0 Å². The summed E-state index contributed by atoms with van der Waals surface area (Å²) in [6.45, 7) is 13.8. The molecule has 0 rings (SSSR count). The van der Waals surface area contributed by atoms with Crippen LogP contribution < -0.4 is 17.0 Å². The SMILES string of the molecule is C=C(C)C[N+](C)(C)CCN=C=S.C=C(CBr)C(=O)OC.CN(C)CCN=C=S.O=C=O.[Br-]. The van der Waals surface area contributed by atoms with Gasteiger partial charge in [-0.05, 0) is 51.0 Å². The van der Waals surface area contributed by atoms with Crippen molar-refractivity contribution < 1.29 is 40.6 Å². The molecule has 0 aromatic rings. The van der Waals surface area contributed by atoms with Gasteiger partial charge in [0.15, 0.2) is 0 Å². The van der Waals surface area contributed by atoms with Gasteiger partial charge < -0.3 is 31.1 Å². The Balaban J connectivity index is -0.000000108. The fraction of sp³-hybridized carbons (Fsp3) is 0.600. The summed E-state index contributed by atoms with van der Waals surface area (Å²) in [4.78, 5) is 36.3. The van der Waals surface area contributed by atoms with Gasteiger partial charge in [-0.25, -0.2) is 14.8 Å². The number of methoxy groups -OCH3 is 1. The number of aliphatic imine (C=N–C) groups is 2. The molecule has 0 N–H and O–H groups in total. The Kier molecular flexibility index (Phi) is 38.3. The maximum Gasteiger partial charge on any atom is 0.373 e. The van der Waals surface area contributed by atoms with E-state index in [4.69, 9.17) is 9.59 Å². The second-order valence-electron chi connectivity index (χ2n) is 6.84. The highest BCUT2D eigenvalue weighted by Gasteiger charge is 2.13. The molecule has 0 unspecified atom stereocenters. The molecule has 0 aromatic carbocycles. The molecule has 0 atom stereocenters. The van der Waals surface area contributed by atoms with Crippen LogP contribution in [0.4, 0.5) is 0 Å². The molecular formula is C20H34Br2N4O4S2. The Hall–Kier alpha value is -1.19. The van der Waals surface area contributed by atoms with Crippen LogP contribution in [0, 0.1) is 0 Å². The van der Waals surface area contributed by atoms with Crippen molar-refractivity contribution in [3.05, 3.63) is 24.3 Å². The molecule has 0 amide bonds. The monoisotopic (exact) mass is 616 g/mol. The van der Waals surface area contributed by atoms with Crippen molar-refractivity contribution in [3.8, 4) is 0 Å². The highest BCUT2D eigenvalue weighted by molar-refractivity contribution is 9.09. The lowest BCUT2D eigenvalue weighted by molar-refractivity contribution is -0.884. The summed E-state index contributed by atoms with van der Waals surface area (Å²) in [5.41, 5.74) is 1.64. The first-order chi connectivity index (χ1) is 14.4. The Morgan fingerprint density at radius 2 is 1.56 bits per heavy atom. The molecule has 0 fully saturated rings. The Labute approximate surface area is 222 Å². The minimum absolute atomic E-state index is 0. The molecule has 0 spiro atoms. The lowest BCUT2D eigenvalue weighted by Gasteiger charge is -2.28. The molecular weight excluding hydrogens is 584 g/mol. The van der Waals surface area contributed by atoms with Crippen molar-refractivity contribution in [1.29, 1.82) is 0 Å². The van der Waals surface area contributed by atoms with Gasteiger partial charge in [-0.2, -0.15) is 9.59 Å². The summed E-state index contributed by atoms with van der Waals surface area (Å²) in [7, 11) is 9.65. The largest absolute Gasteiger partial charge is 1.00 e. The first kappa shape index (κ1) is 41.1. The summed E-state index contributed by atoms with van der Waals surface area (Å²) in [6, 6.07) is 0. The molecule has 8 nitrogen and oxygen atoms in total. The summed E-state index contributed by atoms with van der Waals surface area (Å²) < 4.78 is 5.25. The zero-order valence-electron chi connectivity index (χ0n) is 19.7. The molecule has 0 bridgehead atoms. The topological polar surface area (TPSA) is 88.4 Å². The standard InChI is InChI=1S/C9H17N2S.C5H7BrO2.C5H10N2S.CO2.BrH/c1-9(2)7-11(3,4)6-5-10-8-12;1-4(3-6)5(7)8-2;1-7(2)4-3-6-5-8;2-1-3;/h1,5-7H2,2-4H3;1,3H2,2H3;3-4H2,1-2H3;;1H/q+1;;;;/p-1. The number of carbonyl (C=O) groups is 1. The van der Waals surface area contributed by atoms with Crippen molar-refractivity contribution in [2.75, 3.05) is 73.4 Å². The Morgan fingerprint density at radius 3 is 1.84 bits per heavy atom. The number of thiocarbonyl (C=S) groups is 2. The summed E-state index contributed by atoms with van der Waals surface area (Å²) >= 11 is 11.9. The van der Waals surface area contributed by atoms with Crippen LogP contribution in [0.1, 0.15) is 6.92 Å². The molecule has 0 aliphatic rings. The maximum atomic E-state index is 10.4. The number of carbonyl (C=O) groups excluding carboxylic acids is 3. The third-order valence-corrected chi connectivity index (χ3v) is 3.87. The second kappa shape index (κ2) is 29.8. The average molecular weight is 618 g/mol. The van der Waals surface area contributed by atoms with E-state index in [0.29, 0.717) is 10.9 Å². The number of alkyl halides is 1. The van der Waals surface area contributed by atoms with Gasteiger partial charge in [0.05, 0.1) is 57.7 Å². The molecule has 0 aliphatic heterocycles. The van der Waals surface area contributed by atoms with Crippen molar-refractivity contribution >= 4 is 62.8 Å². The van der Waals surface area contributed by atoms with E-state index in [9.17, 15) is 4.79 Å². The summed E-state index contributed by atoms with van der Waals surface area (Å²) in [6.07, 6.45) is 0.250. The zero-order chi connectivity index (χ0) is 25.3. The number of hydrogen-bond donors (Lipinski definition) is 0. The van der Waals surface area contributed by atoms with Gasteiger partial charge in [0.2, 0.25) is 0 Å². The molecule has 32 heavy (non-hydrogen) atoms. The lowest BCUT2D eigenvalue weighted by Crippen LogP contribution is -3.00. The molecule has 0 saturated heterocycles. The van der Waals surface area contributed by atoms with Crippen molar-refractivity contribution in [2.45, 2.75) is 6.92 Å². The van der Waals surface area contributed by atoms with E-state index in [2.05, 4.69) is 97.6 Å². The number of hydrogen-bond acceptors (Lipinski definition) is 9. The predicted molar refractivity (Wildman–Crippen MR) is 135 cm³/mol. The van der Waals surface area contributed by atoms with E-state index < -0.39 is 0 Å². The van der Waals surface area contributed by atoms with E-state index in [1.807, 2.05) is 21.0 Å². The quantitative estimate of drug-likeness (QED) is 0.0645. The van der Waals surface area contributed by atoms with Crippen LogP contribution in [-0.4, -0.2) is 105 Å². The first-order valence-electron chi connectivity index (χ1n) is 8.88. The highest BCUT2D eigenvalue weighted by Crippen LogP contribution is 2.01. The number of likely N-dealkylation sites (N-methyl/N-ethyl adjacent to an activating group) is 2. The van der Waals surface area contributed by atoms with Gasteiger partial charge in [-0.15, -0.1) is 0 Å². The van der Waals surface area contributed by atoms with Crippen LogP contribution in [0.2, 0.25) is 0 Å². The Morgan fingerprint density at radius 1 is 1.12 bits per heavy atom. The maximum absolute atomic E-state index is 10.4. The number of rotatable bonds is 10. The fourth-order valence-corrected chi connectivity index (χ4v) is 2.08. The molecule has 0 radical (unpaired) electrons. The number of ether oxygens (including phenoxy) is 1. The van der Waals surface area contributed by atoms with Gasteiger partial charge >= 0.3 is 12.1 Å². The fourth-order valence-electron chi connectivity index (χ4n) is 1.67. The molecule has 184 valence electrons. The van der Waals surface area contributed by atoms with Crippen molar-refractivity contribution in [3.63, 3.8) is 0 Å². The van der Waals surface area contributed by atoms with Gasteiger partial charge in [-0.1, -0.05) is 29.1 Å². The van der Waals surface area contributed by atoms with Gasteiger partial charge in [0.1, 0.15) is 0 Å². The second-order valence-corrected chi connectivity index (χ2v) is 7.76. The number of nitrogens with zero attached hydrogens (tertiary/aromatic N) is 4. The normalized spacial score (nSPS) is 8.50. The van der Waals surface area contributed by atoms with Crippen LogP contribution in [0.3, 0.4) is 0 Å². The Bertz CT molecular complexity index is 642. The van der Waals surface area contributed by atoms with Gasteiger partial charge in [0.25, 0.3) is 0 Å². The molecule has 0 aromatic heterocycles. The lowest BCUT2D eigenvalue weighted by atomic mass is 10.3. The van der Waals surface area contributed by atoms with Crippen LogP contribution >= 0.6 is 40.4 Å². The van der Waals surface area contributed by atoms with E-state index >= 15 is 0 Å². The van der Waals surface area contributed by atoms with Crippen molar-refractivity contribution in [1.82, 2.24) is 4.90 Å². The molecule has 0 saturated carbocycles. The molecule has 0 heterocycles. The van der Waals surface area contributed by atoms with Crippen LogP contribution in [0.15, 0.2) is 34.3 Å². The summed E-state index contributed by atoms with van der Waals surface area (Å²) in [5.74, 6) is -0.359. The number of quaternary nitrogens is 1. The van der Waals surface area contributed by atoms with Crippen molar-refractivity contribution in [2.24, 2.45) is 9.98 Å². The number of halogens is 2. The third-order valence-electron chi connectivity index (χ3n) is 2.94. The van der Waals surface area contributed by atoms with E-state index in [0.717, 1.165) is 37.2 Å². The molecule has 0 aliphatic carbocycles. The van der Waals surface area contributed by atoms with Gasteiger partial charge in [0, 0.05) is 17.4 Å². The predicted octanol–water partition coefficient (Wildman–Crippen LogP) is -0.0765. The van der Waals surface area contributed by atoms with Crippen LogP contribution in [0.5, 0.6) is 0 Å². The molecule has 12 heteroatoms. The van der Waals surface area contributed by atoms with Crippen LogP contribution in [-0.2, 0) is 19.1 Å². The zero-order valence-corrected chi connectivity index (χ0v) is 24.5. The van der Waals surface area contributed by atoms with E-state index in [1.165, 1.54) is 12.7 Å². The number of esters is 1. The minimum atomic E-state index is -0.359.